The van der Waals surface area contributed by atoms with Gasteiger partial charge in [-0.1, -0.05) is 35.2 Å². The molecule has 3 atom stereocenters. The van der Waals surface area contributed by atoms with Crippen molar-refractivity contribution in [2.45, 2.75) is 49.4 Å². The predicted octanol–water partition coefficient (Wildman–Crippen LogP) is 2.24. The van der Waals surface area contributed by atoms with Crippen LogP contribution in [0.3, 0.4) is 0 Å². The summed E-state index contributed by atoms with van der Waals surface area (Å²) in [6.07, 6.45) is 6.96. The summed E-state index contributed by atoms with van der Waals surface area (Å²) in [6.45, 7) is 1.34. The van der Waals surface area contributed by atoms with Crippen LogP contribution >= 0.6 is 15.9 Å². The fourth-order valence-electron chi connectivity index (χ4n) is 2.47. The van der Waals surface area contributed by atoms with Crippen LogP contribution in [0.25, 0.3) is 0 Å². The van der Waals surface area contributed by atoms with Crippen LogP contribution in [0.5, 0.6) is 0 Å². The van der Waals surface area contributed by atoms with Crippen molar-refractivity contribution in [2.75, 3.05) is 13.2 Å². The smallest absolute Gasteiger partial charge is 0.225 e. The second-order valence-corrected chi connectivity index (χ2v) is 6.01. The highest BCUT2D eigenvalue weighted by molar-refractivity contribution is 9.09. The molecule has 1 N–H and O–H groups in total. The molecule has 3 nitrogen and oxygen atoms in total. The first-order valence-corrected chi connectivity index (χ1v) is 7.21. The molecule has 0 aromatic rings. The molecule has 2 aliphatic rings. The summed E-state index contributed by atoms with van der Waals surface area (Å²) in [5.41, 5.74) is 0. The third kappa shape index (κ3) is 3.20. The van der Waals surface area contributed by atoms with E-state index in [9.17, 15) is 4.79 Å². The molecule has 16 heavy (non-hydrogen) atoms. The van der Waals surface area contributed by atoms with Gasteiger partial charge in [0.25, 0.3) is 0 Å². The van der Waals surface area contributed by atoms with E-state index in [1.807, 2.05) is 0 Å². The molecule has 0 aromatic heterocycles. The molecule has 1 saturated heterocycles. The first-order chi connectivity index (χ1) is 7.77. The van der Waals surface area contributed by atoms with Crippen molar-refractivity contribution in [1.82, 2.24) is 5.32 Å². The molecule has 2 fully saturated rings. The van der Waals surface area contributed by atoms with Crippen LogP contribution in [0.1, 0.15) is 38.5 Å². The van der Waals surface area contributed by atoms with Crippen molar-refractivity contribution in [2.24, 2.45) is 5.92 Å². The van der Waals surface area contributed by atoms with E-state index in [-0.39, 0.29) is 11.8 Å². The number of rotatable bonds is 2. The van der Waals surface area contributed by atoms with Gasteiger partial charge < -0.3 is 10.1 Å². The molecule has 0 bridgehead atoms. The fraction of sp³-hybridized carbons (Fsp3) is 0.917. The van der Waals surface area contributed by atoms with Gasteiger partial charge in [-0.3, -0.25) is 4.79 Å². The van der Waals surface area contributed by atoms with Crippen molar-refractivity contribution in [3.8, 4) is 0 Å². The summed E-state index contributed by atoms with van der Waals surface area (Å²) >= 11 is 3.70. The Morgan fingerprint density at radius 2 is 2.00 bits per heavy atom. The van der Waals surface area contributed by atoms with E-state index in [0.29, 0.717) is 17.5 Å². The average molecular weight is 290 g/mol. The Morgan fingerprint density at radius 3 is 2.75 bits per heavy atom. The topological polar surface area (TPSA) is 38.3 Å². The maximum absolute atomic E-state index is 12.0. The van der Waals surface area contributed by atoms with E-state index < -0.39 is 0 Å². The molecule has 3 unspecified atom stereocenters. The van der Waals surface area contributed by atoms with Crippen LogP contribution < -0.4 is 5.32 Å². The number of amides is 1. The molecule has 0 spiro atoms. The van der Waals surface area contributed by atoms with Gasteiger partial charge in [-0.25, -0.2) is 0 Å². The van der Waals surface area contributed by atoms with E-state index in [2.05, 4.69) is 21.2 Å². The number of hydrogen-bond donors (Lipinski definition) is 1. The van der Waals surface area contributed by atoms with Crippen LogP contribution in [0.2, 0.25) is 0 Å². The van der Waals surface area contributed by atoms with Gasteiger partial charge in [0.15, 0.2) is 0 Å². The van der Waals surface area contributed by atoms with E-state index in [1.54, 1.807) is 0 Å². The summed E-state index contributed by atoms with van der Waals surface area (Å²) in [5, 5.41) is 3.18. The Morgan fingerprint density at radius 1 is 1.19 bits per heavy atom. The van der Waals surface area contributed by atoms with Crippen molar-refractivity contribution >= 4 is 21.8 Å². The highest BCUT2D eigenvalue weighted by atomic mass is 79.9. The van der Waals surface area contributed by atoms with Gasteiger partial charge >= 0.3 is 0 Å². The Bertz CT molecular complexity index is 241. The number of nitrogens with one attached hydrogen (secondary N) is 1. The van der Waals surface area contributed by atoms with Gasteiger partial charge in [-0.2, -0.15) is 0 Å². The maximum Gasteiger partial charge on any atom is 0.225 e. The molecule has 0 radical (unpaired) electrons. The largest absolute Gasteiger partial charge is 0.381 e. The summed E-state index contributed by atoms with van der Waals surface area (Å²) in [4.78, 5) is 12.4. The zero-order chi connectivity index (χ0) is 11.4. The highest BCUT2D eigenvalue weighted by Crippen LogP contribution is 2.24. The second kappa shape index (κ2) is 6.01. The monoisotopic (exact) mass is 289 g/mol. The van der Waals surface area contributed by atoms with Crippen molar-refractivity contribution in [3.05, 3.63) is 0 Å². The van der Waals surface area contributed by atoms with Crippen LogP contribution in [-0.4, -0.2) is 30.0 Å². The number of ether oxygens (including phenoxy) is 1. The Labute approximate surface area is 105 Å². The SMILES string of the molecule is O=C(NC1CCCCCC1Br)C1CCOC1. The summed E-state index contributed by atoms with van der Waals surface area (Å²) in [6, 6.07) is 0.315. The van der Waals surface area contributed by atoms with Gasteiger partial charge in [0.05, 0.1) is 12.5 Å². The standard InChI is InChI=1S/C12H20BrNO2/c13-10-4-2-1-3-5-11(10)14-12(15)9-6-7-16-8-9/h9-11H,1-8H2,(H,14,15). The number of halogens is 1. The van der Waals surface area contributed by atoms with E-state index in [0.717, 1.165) is 19.4 Å². The molecular weight excluding hydrogens is 270 g/mol. The minimum Gasteiger partial charge on any atom is -0.381 e. The van der Waals surface area contributed by atoms with Gasteiger partial charge in [0.1, 0.15) is 0 Å². The second-order valence-electron chi connectivity index (χ2n) is 4.83. The zero-order valence-electron chi connectivity index (χ0n) is 9.58. The summed E-state index contributed by atoms with van der Waals surface area (Å²) in [5.74, 6) is 0.275. The molecule has 2 rings (SSSR count). The van der Waals surface area contributed by atoms with Crippen molar-refractivity contribution in [1.29, 1.82) is 0 Å². The third-order valence-corrected chi connectivity index (χ3v) is 4.66. The molecule has 1 saturated carbocycles. The van der Waals surface area contributed by atoms with Gasteiger partial charge in [0, 0.05) is 17.5 Å². The van der Waals surface area contributed by atoms with Gasteiger partial charge in [0.2, 0.25) is 5.91 Å². The Kier molecular flexibility index (Phi) is 4.65. The zero-order valence-corrected chi connectivity index (χ0v) is 11.2. The molecule has 1 aliphatic carbocycles. The van der Waals surface area contributed by atoms with E-state index in [4.69, 9.17) is 4.74 Å². The quantitative estimate of drug-likeness (QED) is 0.625. The van der Waals surface area contributed by atoms with E-state index in [1.165, 1.54) is 25.7 Å². The van der Waals surface area contributed by atoms with Crippen LogP contribution in [0.15, 0.2) is 0 Å². The average Bonchev–Trinajstić information content (AvgIpc) is 2.73. The molecule has 1 amide bonds. The predicted molar refractivity (Wildman–Crippen MR) is 66.7 cm³/mol. The number of alkyl halides is 1. The third-order valence-electron chi connectivity index (χ3n) is 3.56. The lowest BCUT2D eigenvalue weighted by molar-refractivity contribution is -0.125. The maximum atomic E-state index is 12.0. The number of hydrogen-bond acceptors (Lipinski definition) is 2. The van der Waals surface area contributed by atoms with Crippen LogP contribution in [0, 0.1) is 5.92 Å². The fourth-order valence-corrected chi connectivity index (χ4v) is 3.19. The Balaban J connectivity index is 1.84. The minimum absolute atomic E-state index is 0.0861. The Hall–Kier alpha value is -0.0900. The van der Waals surface area contributed by atoms with Crippen molar-refractivity contribution < 1.29 is 9.53 Å². The lowest BCUT2D eigenvalue weighted by Gasteiger charge is -2.22. The lowest BCUT2D eigenvalue weighted by Crippen LogP contribution is -2.43. The number of carbonyl (C=O) groups is 1. The molecule has 4 heteroatoms. The first kappa shape index (κ1) is 12.4. The number of carbonyl (C=O) groups excluding carboxylic acids is 1. The normalized spacial score (nSPS) is 35.7. The first-order valence-electron chi connectivity index (χ1n) is 6.29. The molecule has 1 heterocycles. The van der Waals surface area contributed by atoms with Gasteiger partial charge in [-0.05, 0) is 19.3 Å². The molecular formula is C12H20BrNO2. The highest BCUT2D eigenvalue weighted by Gasteiger charge is 2.28. The molecule has 0 aromatic carbocycles. The van der Waals surface area contributed by atoms with Crippen molar-refractivity contribution in [3.63, 3.8) is 0 Å². The molecule has 1 aliphatic heterocycles. The van der Waals surface area contributed by atoms with Crippen LogP contribution in [-0.2, 0) is 9.53 Å². The molecule has 92 valence electrons. The van der Waals surface area contributed by atoms with E-state index >= 15 is 0 Å². The summed E-state index contributed by atoms with van der Waals surface area (Å²) < 4.78 is 5.25. The van der Waals surface area contributed by atoms with Crippen LogP contribution in [0.4, 0.5) is 0 Å². The summed E-state index contributed by atoms with van der Waals surface area (Å²) in [7, 11) is 0. The minimum atomic E-state index is 0.0861. The lowest BCUT2D eigenvalue weighted by atomic mass is 10.1. The van der Waals surface area contributed by atoms with Gasteiger partial charge in [-0.15, -0.1) is 0 Å².